The van der Waals surface area contributed by atoms with Crippen molar-refractivity contribution in [2.75, 3.05) is 18.4 Å². The highest BCUT2D eigenvalue weighted by Crippen LogP contribution is 2.25. The molecule has 2 aromatic carbocycles. The fourth-order valence-corrected chi connectivity index (χ4v) is 4.56. The summed E-state index contributed by atoms with van der Waals surface area (Å²) in [5, 5.41) is 0. The van der Waals surface area contributed by atoms with Gasteiger partial charge in [0.25, 0.3) is 15.9 Å². The highest BCUT2D eigenvalue weighted by Gasteiger charge is 2.25. The van der Waals surface area contributed by atoms with Crippen molar-refractivity contribution in [1.29, 1.82) is 0 Å². The van der Waals surface area contributed by atoms with E-state index in [1.165, 1.54) is 23.5 Å². The van der Waals surface area contributed by atoms with Crippen LogP contribution in [0.25, 0.3) is 0 Å². The van der Waals surface area contributed by atoms with E-state index in [0.29, 0.717) is 11.3 Å². The van der Waals surface area contributed by atoms with Crippen molar-refractivity contribution >= 4 is 21.6 Å². The molecule has 0 bridgehead atoms. The van der Waals surface area contributed by atoms with Gasteiger partial charge in [-0.25, -0.2) is 8.42 Å². The van der Waals surface area contributed by atoms with E-state index >= 15 is 0 Å². The molecular formula is C20H24N2O3S. The molecule has 2 aromatic rings. The summed E-state index contributed by atoms with van der Waals surface area (Å²) in [7, 11) is -0.311. The van der Waals surface area contributed by atoms with Gasteiger partial charge in [-0.3, -0.25) is 9.10 Å². The molecule has 0 heterocycles. The molecular weight excluding hydrogens is 348 g/mol. The van der Waals surface area contributed by atoms with Gasteiger partial charge in [0.15, 0.2) is 0 Å². The maximum atomic E-state index is 12.8. The Kier molecular flexibility index (Phi) is 5.32. The maximum Gasteiger partial charge on any atom is 0.264 e. The average molecular weight is 372 g/mol. The lowest BCUT2D eigenvalue weighted by atomic mass is 10.1. The first kappa shape index (κ1) is 18.5. The molecule has 1 fully saturated rings. The molecule has 0 aromatic heterocycles. The molecule has 0 radical (unpaired) electrons. The van der Waals surface area contributed by atoms with Crippen molar-refractivity contribution in [3.63, 3.8) is 0 Å². The zero-order valence-corrected chi connectivity index (χ0v) is 15.9. The number of para-hydroxylation sites is 1. The fraction of sp³-hybridized carbons (Fsp3) is 0.350. The van der Waals surface area contributed by atoms with E-state index in [0.717, 1.165) is 25.7 Å². The van der Waals surface area contributed by atoms with E-state index in [2.05, 4.69) is 0 Å². The van der Waals surface area contributed by atoms with Gasteiger partial charge in [0.2, 0.25) is 0 Å². The minimum absolute atomic E-state index is 0.0581. The quantitative estimate of drug-likeness (QED) is 0.807. The predicted octanol–water partition coefficient (Wildman–Crippen LogP) is 3.53. The molecule has 1 aliphatic rings. The van der Waals surface area contributed by atoms with Crippen LogP contribution < -0.4 is 4.31 Å². The van der Waals surface area contributed by atoms with Crippen LogP contribution in [0, 0.1) is 0 Å². The Morgan fingerprint density at radius 1 is 0.923 bits per heavy atom. The second kappa shape index (κ2) is 7.50. The van der Waals surface area contributed by atoms with E-state index in [1.54, 1.807) is 41.3 Å². The van der Waals surface area contributed by atoms with Crippen LogP contribution in [0.2, 0.25) is 0 Å². The van der Waals surface area contributed by atoms with Gasteiger partial charge in [0, 0.05) is 25.7 Å². The number of rotatable bonds is 5. The number of hydrogen-bond donors (Lipinski definition) is 0. The molecule has 1 saturated carbocycles. The van der Waals surface area contributed by atoms with E-state index in [-0.39, 0.29) is 16.8 Å². The van der Waals surface area contributed by atoms with Gasteiger partial charge in [-0.15, -0.1) is 0 Å². The lowest BCUT2D eigenvalue weighted by Gasteiger charge is -2.24. The lowest BCUT2D eigenvalue weighted by molar-refractivity contribution is 0.0735. The zero-order valence-electron chi connectivity index (χ0n) is 15.1. The Morgan fingerprint density at radius 3 is 2.08 bits per heavy atom. The second-order valence-electron chi connectivity index (χ2n) is 6.69. The summed E-state index contributed by atoms with van der Waals surface area (Å²) in [6.07, 6.45) is 4.39. The third kappa shape index (κ3) is 3.60. The SMILES string of the molecule is CN(C(=O)c1ccc(S(=O)(=O)N(C)c2ccccc2)cc1)C1CCCC1. The van der Waals surface area contributed by atoms with Crippen LogP contribution in [0.3, 0.4) is 0 Å². The van der Waals surface area contributed by atoms with Gasteiger partial charge in [0.05, 0.1) is 10.6 Å². The third-order valence-electron chi connectivity index (χ3n) is 5.07. The van der Waals surface area contributed by atoms with Crippen LogP contribution in [0.1, 0.15) is 36.0 Å². The average Bonchev–Trinajstić information content (AvgIpc) is 3.21. The number of anilines is 1. The normalized spacial score (nSPS) is 15.0. The molecule has 5 nitrogen and oxygen atoms in total. The highest BCUT2D eigenvalue weighted by atomic mass is 32.2. The van der Waals surface area contributed by atoms with Crippen molar-refractivity contribution in [3.05, 3.63) is 60.2 Å². The van der Waals surface area contributed by atoms with E-state index < -0.39 is 10.0 Å². The number of benzene rings is 2. The molecule has 138 valence electrons. The summed E-state index contributed by atoms with van der Waals surface area (Å²) in [6, 6.07) is 15.4. The van der Waals surface area contributed by atoms with Gasteiger partial charge in [-0.05, 0) is 49.2 Å². The summed E-state index contributed by atoms with van der Waals surface area (Å²) >= 11 is 0. The Labute approximate surface area is 155 Å². The van der Waals surface area contributed by atoms with Gasteiger partial charge >= 0.3 is 0 Å². The van der Waals surface area contributed by atoms with Crippen LogP contribution >= 0.6 is 0 Å². The van der Waals surface area contributed by atoms with Crippen LogP contribution in [-0.2, 0) is 10.0 Å². The van der Waals surface area contributed by atoms with Gasteiger partial charge in [-0.1, -0.05) is 31.0 Å². The Hall–Kier alpha value is -2.34. The van der Waals surface area contributed by atoms with Gasteiger partial charge < -0.3 is 4.90 Å². The maximum absolute atomic E-state index is 12.8. The Bertz CT molecular complexity index is 858. The smallest absolute Gasteiger partial charge is 0.264 e. The number of carbonyl (C=O) groups excluding carboxylic acids is 1. The van der Waals surface area contributed by atoms with Crippen molar-refractivity contribution in [2.24, 2.45) is 0 Å². The number of sulfonamides is 1. The number of amides is 1. The molecule has 0 spiro atoms. The molecule has 1 amide bonds. The predicted molar refractivity (Wildman–Crippen MR) is 103 cm³/mol. The highest BCUT2D eigenvalue weighted by molar-refractivity contribution is 7.92. The van der Waals surface area contributed by atoms with Crippen molar-refractivity contribution in [1.82, 2.24) is 4.90 Å². The monoisotopic (exact) mass is 372 g/mol. The number of carbonyl (C=O) groups is 1. The first-order chi connectivity index (χ1) is 12.4. The fourth-order valence-electron chi connectivity index (χ4n) is 3.37. The molecule has 0 aliphatic heterocycles. The third-order valence-corrected chi connectivity index (χ3v) is 6.87. The summed E-state index contributed by atoms with van der Waals surface area (Å²) in [5.41, 5.74) is 1.11. The van der Waals surface area contributed by atoms with Gasteiger partial charge in [0.1, 0.15) is 0 Å². The molecule has 6 heteroatoms. The first-order valence-corrected chi connectivity index (χ1v) is 10.3. The first-order valence-electron chi connectivity index (χ1n) is 8.82. The van der Waals surface area contributed by atoms with Crippen LogP contribution in [0.5, 0.6) is 0 Å². The van der Waals surface area contributed by atoms with E-state index in [9.17, 15) is 13.2 Å². The minimum atomic E-state index is -3.66. The minimum Gasteiger partial charge on any atom is -0.339 e. The lowest BCUT2D eigenvalue weighted by Crippen LogP contribution is -2.35. The van der Waals surface area contributed by atoms with Crippen molar-refractivity contribution in [2.45, 2.75) is 36.6 Å². The number of nitrogens with zero attached hydrogens (tertiary/aromatic N) is 2. The molecule has 0 atom stereocenters. The molecule has 0 N–H and O–H groups in total. The zero-order chi connectivity index (χ0) is 18.7. The summed E-state index contributed by atoms with van der Waals surface area (Å²) in [5.74, 6) is -0.0581. The van der Waals surface area contributed by atoms with Crippen LogP contribution in [0.15, 0.2) is 59.5 Å². The topological polar surface area (TPSA) is 57.7 Å². The summed E-state index contributed by atoms with van der Waals surface area (Å²) in [4.78, 5) is 14.6. The Morgan fingerprint density at radius 2 is 1.50 bits per heavy atom. The molecule has 26 heavy (non-hydrogen) atoms. The largest absolute Gasteiger partial charge is 0.339 e. The van der Waals surface area contributed by atoms with Gasteiger partial charge in [-0.2, -0.15) is 0 Å². The van der Waals surface area contributed by atoms with Crippen molar-refractivity contribution in [3.8, 4) is 0 Å². The molecule has 3 rings (SSSR count). The summed E-state index contributed by atoms with van der Waals surface area (Å²) in [6.45, 7) is 0. The van der Waals surface area contributed by atoms with E-state index in [4.69, 9.17) is 0 Å². The van der Waals surface area contributed by atoms with Crippen LogP contribution in [0.4, 0.5) is 5.69 Å². The Balaban J connectivity index is 1.79. The second-order valence-corrected chi connectivity index (χ2v) is 8.66. The van der Waals surface area contributed by atoms with E-state index in [1.807, 2.05) is 13.1 Å². The molecule has 1 aliphatic carbocycles. The van der Waals surface area contributed by atoms with Crippen LogP contribution in [-0.4, -0.2) is 39.4 Å². The standard InChI is InChI=1S/C20H24N2O3S/c1-21(17-8-6-7-9-17)20(23)16-12-14-19(15-13-16)26(24,25)22(2)18-10-4-3-5-11-18/h3-5,10-15,17H,6-9H2,1-2H3. The summed E-state index contributed by atoms with van der Waals surface area (Å²) < 4.78 is 26.8. The molecule has 0 unspecified atom stereocenters. The van der Waals surface area contributed by atoms with Crippen molar-refractivity contribution < 1.29 is 13.2 Å². The molecule has 0 saturated heterocycles. The number of hydrogen-bond acceptors (Lipinski definition) is 3.